The second-order valence-corrected chi connectivity index (χ2v) is 6.11. The molecule has 0 radical (unpaired) electrons. The highest BCUT2D eigenvalue weighted by Crippen LogP contribution is 2.25. The van der Waals surface area contributed by atoms with Gasteiger partial charge in [0, 0.05) is 37.3 Å². The Balaban J connectivity index is 2.33. The van der Waals surface area contributed by atoms with Crippen molar-refractivity contribution in [2.24, 2.45) is 0 Å². The SMILES string of the molecule is CNC(=O)CCNS(=O)(=O)c1ccc(N)c2cccnc12. The molecule has 0 unspecified atom stereocenters. The number of anilines is 1. The monoisotopic (exact) mass is 308 g/mol. The normalized spacial score (nSPS) is 11.5. The predicted octanol–water partition coefficient (Wildman–Crippen LogP) is 0.231. The fourth-order valence-corrected chi connectivity index (χ4v) is 3.08. The van der Waals surface area contributed by atoms with Gasteiger partial charge in [0.15, 0.2) is 0 Å². The lowest BCUT2D eigenvalue weighted by atomic mass is 10.2. The number of benzene rings is 1. The zero-order valence-corrected chi connectivity index (χ0v) is 12.3. The van der Waals surface area contributed by atoms with Gasteiger partial charge < -0.3 is 11.1 Å². The molecular formula is C13H16N4O3S. The average molecular weight is 308 g/mol. The van der Waals surface area contributed by atoms with Gasteiger partial charge in [0.25, 0.3) is 0 Å². The Morgan fingerprint density at radius 2 is 2.10 bits per heavy atom. The molecule has 1 aromatic carbocycles. The Kier molecular flexibility index (Phi) is 4.39. The molecule has 0 spiro atoms. The van der Waals surface area contributed by atoms with Crippen LogP contribution in [-0.4, -0.2) is 32.9 Å². The summed E-state index contributed by atoms with van der Waals surface area (Å²) in [5.74, 6) is -0.238. The van der Waals surface area contributed by atoms with Crippen molar-refractivity contribution in [2.75, 3.05) is 19.3 Å². The Morgan fingerprint density at radius 3 is 2.81 bits per heavy atom. The third-order valence-corrected chi connectivity index (χ3v) is 4.47. The van der Waals surface area contributed by atoms with Crippen molar-refractivity contribution in [3.05, 3.63) is 30.5 Å². The maximum atomic E-state index is 12.3. The third-order valence-electron chi connectivity index (χ3n) is 2.98. The summed E-state index contributed by atoms with van der Waals surface area (Å²) in [5, 5.41) is 3.00. The highest BCUT2D eigenvalue weighted by Gasteiger charge is 2.19. The highest BCUT2D eigenvalue weighted by atomic mass is 32.2. The van der Waals surface area contributed by atoms with Gasteiger partial charge >= 0.3 is 0 Å². The minimum atomic E-state index is -3.76. The number of pyridine rings is 1. The molecule has 1 heterocycles. The van der Waals surface area contributed by atoms with Crippen LogP contribution in [0.25, 0.3) is 10.9 Å². The number of nitrogens with one attached hydrogen (secondary N) is 2. The molecule has 0 atom stereocenters. The van der Waals surface area contributed by atoms with E-state index in [0.29, 0.717) is 16.6 Å². The number of aromatic nitrogens is 1. The zero-order chi connectivity index (χ0) is 15.5. The van der Waals surface area contributed by atoms with E-state index in [-0.39, 0.29) is 23.8 Å². The number of nitrogens with two attached hydrogens (primary N) is 1. The number of carbonyl (C=O) groups is 1. The van der Waals surface area contributed by atoms with E-state index in [4.69, 9.17) is 5.73 Å². The van der Waals surface area contributed by atoms with E-state index in [1.165, 1.54) is 25.4 Å². The number of nitrogen functional groups attached to an aromatic ring is 1. The summed E-state index contributed by atoms with van der Waals surface area (Å²) in [6.45, 7) is 0.0146. The molecule has 21 heavy (non-hydrogen) atoms. The van der Waals surface area contributed by atoms with Gasteiger partial charge in [0.05, 0.1) is 5.52 Å². The van der Waals surface area contributed by atoms with E-state index in [1.807, 2.05) is 0 Å². The topological polar surface area (TPSA) is 114 Å². The first-order valence-electron chi connectivity index (χ1n) is 6.29. The van der Waals surface area contributed by atoms with E-state index in [0.717, 1.165) is 0 Å². The maximum absolute atomic E-state index is 12.3. The molecule has 0 saturated heterocycles. The van der Waals surface area contributed by atoms with Crippen LogP contribution in [0.1, 0.15) is 6.42 Å². The van der Waals surface area contributed by atoms with Gasteiger partial charge in [-0.1, -0.05) is 0 Å². The van der Waals surface area contributed by atoms with E-state index in [2.05, 4.69) is 15.0 Å². The van der Waals surface area contributed by atoms with Crippen LogP contribution in [0.4, 0.5) is 5.69 Å². The molecule has 0 aliphatic carbocycles. The summed E-state index contributed by atoms with van der Waals surface area (Å²) in [6.07, 6.45) is 1.57. The van der Waals surface area contributed by atoms with E-state index in [9.17, 15) is 13.2 Å². The van der Waals surface area contributed by atoms with Crippen LogP contribution in [-0.2, 0) is 14.8 Å². The van der Waals surface area contributed by atoms with Crippen molar-refractivity contribution in [3.8, 4) is 0 Å². The first kappa shape index (κ1) is 15.2. The quantitative estimate of drug-likeness (QED) is 0.684. The lowest BCUT2D eigenvalue weighted by Gasteiger charge is -2.10. The lowest BCUT2D eigenvalue weighted by Crippen LogP contribution is -2.29. The molecule has 2 aromatic rings. The van der Waals surface area contributed by atoms with Crippen molar-refractivity contribution in [1.82, 2.24) is 15.0 Å². The van der Waals surface area contributed by atoms with Crippen LogP contribution in [0.2, 0.25) is 0 Å². The van der Waals surface area contributed by atoms with Gasteiger partial charge in [-0.3, -0.25) is 9.78 Å². The number of sulfonamides is 1. The van der Waals surface area contributed by atoms with Crippen molar-refractivity contribution in [1.29, 1.82) is 0 Å². The maximum Gasteiger partial charge on any atom is 0.242 e. The van der Waals surface area contributed by atoms with Gasteiger partial charge in [0.1, 0.15) is 4.90 Å². The van der Waals surface area contributed by atoms with Crippen LogP contribution in [0, 0.1) is 0 Å². The van der Waals surface area contributed by atoms with Gasteiger partial charge in [-0.25, -0.2) is 13.1 Å². The molecular weight excluding hydrogens is 292 g/mol. The minimum Gasteiger partial charge on any atom is -0.398 e. The molecule has 4 N–H and O–H groups in total. The molecule has 2 rings (SSSR count). The smallest absolute Gasteiger partial charge is 0.242 e. The van der Waals surface area contributed by atoms with E-state index >= 15 is 0 Å². The molecule has 0 aliphatic heterocycles. The first-order chi connectivity index (χ1) is 9.95. The number of hydrogen-bond acceptors (Lipinski definition) is 5. The Labute approximate surface area is 122 Å². The number of rotatable bonds is 5. The number of carbonyl (C=O) groups excluding carboxylic acids is 1. The lowest BCUT2D eigenvalue weighted by molar-refractivity contribution is -0.120. The number of fused-ring (bicyclic) bond motifs is 1. The van der Waals surface area contributed by atoms with Gasteiger partial charge in [-0.15, -0.1) is 0 Å². The van der Waals surface area contributed by atoms with Crippen LogP contribution >= 0.6 is 0 Å². The van der Waals surface area contributed by atoms with Gasteiger partial charge in [0.2, 0.25) is 15.9 Å². The summed E-state index contributed by atoms with van der Waals surface area (Å²) in [6, 6.07) is 6.33. The number of hydrogen-bond donors (Lipinski definition) is 3. The summed E-state index contributed by atoms with van der Waals surface area (Å²) >= 11 is 0. The zero-order valence-electron chi connectivity index (χ0n) is 11.5. The molecule has 112 valence electrons. The van der Waals surface area contributed by atoms with Crippen molar-refractivity contribution in [2.45, 2.75) is 11.3 Å². The van der Waals surface area contributed by atoms with Gasteiger partial charge in [-0.2, -0.15) is 0 Å². The summed E-state index contributed by atoms with van der Waals surface area (Å²) in [4.78, 5) is 15.3. The van der Waals surface area contributed by atoms with Crippen molar-refractivity contribution in [3.63, 3.8) is 0 Å². The first-order valence-corrected chi connectivity index (χ1v) is 7.77. The second kappa shape index (κ2) is 6.06. The molecule has 8 heteroatoms. The largest absolute Gasteiger partial charge is 0.398 e. The summed E-state index contributed by atoms with van der Waals surface area (Å²) in [5.41, 5.74) is 6.59. The number of nitrogens with zero attached hydrogens (tertiary/aromatic N) is 1. The van der Waals surface area contributed by atoms with E-state index < -0.39 is 10.0 Å². The Morgan fingerprint density at radius 1 is 1.33 bits per heavy atom. The fourth-order valence-electron chi connectivity index (χ4n) is 1.89. The highest BCUT2D eigenvalue weighted by molar-refractivity contribution is 7.89. The Hall–Kier alpha value is -2.19. The van der Waals surface area contributed by atoms with Crippen molar-refractivity contribution >= 4 is 32.5 Å². The second-order valence-electron chi connectivity index (χ2n) is 4.37. The van der Waals surface area contributed by atoms with Gasteiger partial charge in [-0.05, 0) is 24.3 Å². The standard InChI is InChI=1S/C13H16N4O3S/c1-15-12(18)6-8-17-21(19,20)11-5-4-10(14)9-3-2-7-16-13(9)11/h2-5,7,17H,6,8,14H2,1H3,(H,15,18). The summed E-state index contributed by atoms with van der Waals surface area (Å²) < 4.78 is 27.0. The predicted molar refractivity (Wildman–Crippen MR) is 80.0 cm³/mol. The molecule has 0 fully saturated rings. The fraction of sp³-hybridized carbons (Fsp3) is 0.231. The van der Waals surface area contributed by atoms with Crippen LogP contribution in [0.3, 0.4) is 0 Å². The van der Waals surface area contributed by atoms with Crippen LogP contribution < -0.4 is 15.8 Å². The Bertz CT molecular complexity index is 774. The molecule has 1 aromatic heterocycles. The van der Waals surface area contributed by atoms with Crippen molar-refractivity contribution < 1.29 is 13.2 Å². The molecule has 0 bridgehead atoms. The number of amides is 1. The third kappa shape index (κ3) is 3.29. The van der Waals surface area contributed by atoms with Crippen LogP contribution in [0.15, 0.2) is 35.4 Å². The molecule has 1 amide bonds. The molecule has 0 aliphatic rings. The minimum absolute atomic E-state index is 0.0146. The average Bonchev–Trinajstić information content (AvgIpc) is 2.47. The molecule has 0 saturated carbocycles. The summed E-state index contributed by atoms with van der Waals surface area (Å²) in [7, 11) is -2.26. The van der Waals surface area contributed by atoms with Crippen LogP contribution in [0.5, 0.6) is 0 Å². The molecule has 7 nitrogen and oxygen atoms in total. The van der Waals surface area contributed by atoms with E-state index in [1.54, 1.807) is 12.1 Å².